The summed E-state index contributed by atoms with van der Waals surface area (Å²) in [5, 5.41) is 10.4. The van der Waals surface area contributed by atoms with Crippen molar-refractivity contribution in [3.05, 3.63) is 0 Å². The van der Waals surface area contributed by atoms with Crippen molar-refractivity contribution in [1.82, 2.24) is 0 Å². The van der Waals surface area contributed by atoms with E-state index in [1.807, 2.05) is 5.82 Å². The van der Waals surface area contributed by atoms with Gasteiger partial charge in [-0.3, -0.25) is 0 Å². The van der Waals surface area contributed by atoms with E-state index in [0.29, 0.717) is 20.3 Å². The Morgan fingerprint density at radius 2 is 2.50 bits per heavy atom. The van der Waals surface area contributed by atoms with Gasteiger partial charge >= 0.3 is 53.7 Å². The van der Waals surface area contributed by atoms with Crippen LogP contribution >= 0.6 is 0 Å². The Bertz CT molecular complexity index is 86.1. The van der Waals surface area contributed by atoms with Crippen LogP contribution in [0.15, 0.2) is 0 Å². The van der Waals surface area contributed by atoms with Gasteiger partial charge in [-0.1, -0.05) is 0 Å². The molecule has 0 aliphatic carbocycles. The molecule has 0 aromatic heterocycles. The van der Waals surface area contributed by atoms with E-state index >= 15 is 0 Å². The normalized spacial score (nSPS) is 13.2. The Kier molecular flexibility index (Phi) is 3.87. The molecule has 48 valence electrons. The third-order valence-electron chi connectivity index (χ3n) is 0.649. The van der Waals surface area contributed by atoms with Crippen LogP contribution < -0.4 is 10.8 Å². The van der Waals surface area contributed by atoms with Crippen LogP contribution in [-0.2, 0) is 4.79 Å². The minimum atomic E-state index is -1.14. The standard InChI is InChI=1S/C4H9NO2Se/c1-8-2-3(5)4(6)7/h3H,2,5H2,1H3,(H,6,7)/p-1. The van der Waals surface area contributed by atoms with Crippen LogP contribution in [0.1, 0.15) is 0 Å². The number of carbonyl (C=O) groups excluding carboxylic acids is 1. The molecular weight excluding hydrogens is 173 g/mol. The van der Waals surface area contributed by atoms with Gasteiger partial charge in [0, 0.05) is 0 Å². The van der Waals surface area contributed by atoms with Gasteiger partial charge in [0.25, 0.3) is 0 Å². The first-order chi connectivity index (χ1) is 3.68. The zero-order valence-corrected chi connectivity index (χ0v) is 6.30. The van der Waals surface area contributed by atoms with Gasteiger partial charge in [0.05, 0.1) is 0 Å². The van der Waals surface area contributed by atoms with Crippen LogP contribution in [0.5, 0.6) is 0 Å². The van der Waals surface area contributed by atoms with E-state index in [0.717, 1.165) is 0 Å². The van der Waals surface area contributed by atoms with Crippen molar-refractivity contribution in [1.29, 1.82) is 0 Å². The quantitative estimate of drug-likeness (QED) is 0.524. The number of nitrogens with two attached hydrogens (primary N) is 1. The molecule has 4 heteroatoms. The minimum absolute atomic E-state index is 0.333. The van der Waals surface area contributed by atoms with Crippen molar-refractivity contribution in [2.24, 2.45) is 5.73 Å². The summed E-state index contributed by atoms with van der Waals surface area (Å²) in [7, 11) is 0. The second-order valence-corrected chi connectivity index (χ2v) is 3.29. The molecule has 1 unspecified atom stereocenters. The van der Waals surface area contributed by atoms with Gasteiger partial charge in [-0.2, -0.15) is 0 Å². The maximum absolute atomic E-state index is 9.86. The van der Waals surface area contributed by atoms with Crippen LogP contribution in [0.2, 0.25) is 11.1 Å². The maximum atomic E-state index is 9.86. The molecule has 0 aromatic carbocycles. The molecule has 2 N–H and O–H groups in total. The first-order valence-corrected chi connectivity index (χ1v) is 5.06. The van der Waals surface area contributed by atoms with Crippen molar-refractivity contribution in [3.63, 3.8) is 0 Å². The Labute approximate surface area is 54.4 Å². The van der Waals surface area contributed by atoms with Crippen molar-refractivity contribution < 1.29 is 9.90 Å². The molecule has 0 saturated carbocycles. The third kappa shape index (κ3) is 3.02. The van der Waals surface area contributed by atoms with Gasteiger partial charge in [0.1, 0.15) is 0 Å². The van der Waals surface area contributed by atoms with Crippen LogP contribution in [0.4, 0.5) is 0 Å². The van der Waals surface area contributed by atoms with Crippen molar-refractivity contribution in [2.75, 3.05) is 0 Å². The monoisotopic (exact) mass is 182 g/mol. The molecule has 1 atom stereocenters. The molecule has 0 aromatic rings. The predicted molar refractivity (Wildman–Crippen MR) is 29.4 cm³/mol. The molecule has 3 nitrogen and oxygen atoms in total. The third-order valence-corrected chi connectivity index (χ3v) is 2.10. The summed E-state index contributed by atoms with van der Waals surface area (Å²) in [4.78, 5) is 9.86. The second kappa shape index (κ2) is 3.89. The van der Waals surface area contributed by atoms with Crippen LogP contribution in [0.25, 0.3) is 0 Å². The first-order valence-electron chi connectivity index (χ1n) is 2.14. The van der Waals surface area contributed by atoms with Crippen LogP contribution in [0.3, 0.4) is 0 Å². The number of hydrogen-bond donors (Lipinski definition) is 1. The summed E-state index contributed by atoms with van der Waals surface area (Å²) in [6.07, 6.45) is 0. The van der Waals surface area contributed by atoms with E-state index < -0.39 is 12.0 Å². The van der Waals surface area contributed by atoms with E-state index in [9.17, 15) is 9.90 Å². The molecule has 0 aliphatic heterocycles. The van der Waals surface area contributed by atoms with Gasteiger partial charge in [-0.15, -0.1) is 0 Å². The second-order valence-electron chi connectivity index (χ2n) is 1.38. The zero-order chi connectivity index (χ0) is 6.57. The van der Waals surface area contributed by atoms with Crippen molar-refractivity contribution in [3.8, 4) is 0 Å². The topological polar surface area (TPSA) is 66.2 Å². The van der Waals surface area contributed by atoms with E-state index in [2.05, 4.69) is 0 Å². The number of rotatable bonds is 3. The Hall–Kier alpha value is -0.0505. The average Bonchev–Trinajstić information content (AvgIpc) is 1.67. The molecule has 0 spiro atoms. The van der Waals surface area contributed by atoms with E-state index in [1.54, 1.807) is 0 Å². The molecule has 8 heavy (non-hydrogen) atoms. The predicted octanol–water partition coefficient (Wildman–Crippen LogP) is -1.77. The van der Waals surface area contributed by atoms with Gasteiger partial charge in [0.2, 0.25) is 0 Å². The van der Waals surface area contributed by atoms with E-state index in [4.69, 9.17) is 5.73 Å². The summed E-state index contributed by atoms with van der Waals surface area (Å²) >= 11 is 0.333. The number of hydrogen-bond acceptors (Lipinski definition) is 3. The SMILES string of the molecule is C[Se]CC(N)C(=O)[O-]. The number of carboxylic acids is 1. The Morgan fingerprint density at radius 3 is 2.62 bits per heavy atom. The molecule has 0 rings (SSSR count). The summed E-state index contributed by atoms with van der Waals surface area (Å²) < 4.78 is 0. The molecule has 0 amide bonds. The summed E-state index contributed by atoms with van der Waals surface area (Å²) in [6, 6.07) is -0.750. The Balaban J connectivity index is 3.32. The van der Waals surface area contributed by atoms with Gasteiger partial charge in [0.15, 0.2) is 0 Å². The first kappa shape index (κ1) is 7.95. The molecule has 0 aliphatic rings. The average molecular weight is 181 g/mol. The van der Waals surface area contributed by atoms with E-state index in [1.165, 1.54) is 0 Å². The summed E-state index contributed by atoms with van der Waals surface area (Å²) in [5.41, 5.74) is 5.08. The summed E-state index contributed by atoms with van der Waals surface area (Å²) in [5.74, 6) is 0.796. The van der Waals surface area contributed by atoms with Crippen molar-refractivity contribution in [2.45, 2.75) is 17.2 Å². The molecule has 0 fully saturated rings. The van der Waals surface area contributed by atoms with Crippen LogP contribution in [-0.4, -0.2) is 27.0 Å². The fourth-order valence-corrected chi connectivity index (χ4v) is 1.29. The number of carboxylic acid groups (broad SMARTS) is 1. The molecule has 0 heterocycles. The number of aliphatic carboxylic acids is 1. The Morgan fingerprint density at radius 1 is 2.00 bits per heavy atom. The summed E-state index contributed by atoms with van der Waals surface area (Å²) in [6.45, 7) is 0. The van der Waals surface area contributed by atoms with Crippen LogP contribution in [0, 0.1) is 0 Å². The number of carbonyl (C=O) groups is 1. The molecule has 0 bridgehead atoms. The van der Waals surface area contributed by atoms with Gasteiger partial charge in [-0.05, 0) is 0 Å². The van der Waals surface area contributed by atoms with Crippen molar-refractivity contribution >= 4 is 20.9 Å². The fourth-order valence-electron chi connectivity index (χ4n) is 0.248. The van der Waals surface area contributed by atoms with E-state index in [-0.39, 0.29) is 0 Å². The molecule has 0 saturated heterocycles. The zero-order valence-electron chi connectivity index (χ0n) is 4.59. The molecule has 0 radical (unpaired) electrons. The van der Waals surface area contributed by atoms with Gasteiger partial charge < -0.3 is 0 Å². The fraction of sp³-hybridized carbons (Fsp3) is 0.750. The molecular formula is C4H8NO2Se-. The van der Waals surface area contributed by atoms with Gasteiger partial charge in [-0.25, -0.2) is 0 Å².